The number of carbonyl (C=O) groups is 1. The lowest BCUT2D eigenvalue weighted by Crippen LogP contribution is -2.49. The van der Waals surface area contributed by atoms with E-state index in [2.05, 4.69) is 0 Å². The Kier molecular flexibility index (Phi) is 3.56. The monoisotopic (exact) mass is 354 g/mol. The molecule has 1 N–H and O–H groups in total. The second-order valence-electron chi connectivity index (χ2n) is 8.25. The van der Waals surface area contributed by atoms with Crippen LogP contribution in [0, 0.1) is 17.8 Å². The summed E-state index contributed by atoms with van der Waals surface area (Å²) in [6.45, 7) is 0. The van der Waals surface area contributed by atoms with Crippen LogP contribution in [0.3, 0.4) is 0 Å². The maximum Gasteiger partial charge on any atom is 0.313 e. The Morgan fingerprint density at radius 3 is 2.36 bits per heavy atom. The molecule has 0 unspecified atom stereocenters. The number of carboxylic acid groups (broad SMARTS) is 1. The van der Waals surface area contributed by atoms with Crippen molar-refractivity contribution in [3.63, 3.8) is 0 Å². The van der Waals surface area contributed by atoms with Crippen molar-refractivity contribution in [2.45, 2.75) is 49.0 Å². The second-order valence-corrected chi connectivity index (χ2v) is 9.21. The molecule has 0 amide bonds. The van der Waals surface area contributed by atoms with E-state index in [1.165, 1.54) is 50.3 Å². The van der Waals surface area contributed by atoms with Gasteiger partial charge >= 0.3 is 5.97 Å². The lowest BCUT2D eigenvalue weighted by Gasteiger charge is -2.56. The molecule has 5 heteroatoms. The van der Waals surface area contributed by atoms with Crippen LogP contribution in [0.2, 0.25) is 0 Å². The molecule has 1 heterocycles. The van der Waals surface area contributed by atoms with E-state index < -0.39 is 5.97 Å². The Morgan fingerprint density at radius 1 is 1.08 bits per heavy atom. The highest BCUT2D eigenvalue weighted by Crippen LogP contribution is 2.60. The number of hydrogen-bond donors (Lipinski definition) is 1. The molecule has 1 aromatic carbocycles. The smallest absolute Gasteiger partial charge is 0.313 e. The Hall–Kier alpha value is -1.62. The minimum Gasteiger partial charge on any atom is -0.481 e. The molecule has 4 aliphatic rings. The molecule has 130 valence electrons. The van der Waals surface area contributed by atoms with Crippen molar-refractivity contribution in [1.82, 2.24) is 9.97 Å². The molecule has 4 nitrogen and oxygen atoms in total. The Labute approximate surface area is 151 Å². The van der Waals surface area contributed by atoms with Gasteiger partial charge in [-0.1, -0.05) is 30.0 Å². The fraction of sp³-hybridized carbons (Fsp3) is 0.550. The first-order valence-corrected chi connectivity index (χ1v) is 10.2. The van der Waals surface area contributed by atoms with Gasteiger partial charge in [0, 0.05) is 10.8 Å². The van der Waals surface area contributed by atoms with Gasteiger partial charge in [0.1, 0.15) is 10.9 Å². The van der Waals surface area contributed by atoms with Crippen LogP contribution in [0.25, 0.3) is 10.9 Å². The minimum atomic E-state index is -0.802. The summed E-state index contributed by atoms with van der Waals surface area (Å²) >= 11 is 1.33. The summed E-state index contributed by atoms with van der Waals surface area (Å²) in [6, 6.07) is 8.01. The fourth-order valence-corrected chi connectivity index (χ4v) is 6.65. The van der Waals surface area contributed by atoms with Crippen molar-refractivity contribution in [2.24, 2.45) is 17.8 Å². The van der Waals surface area contributed by atoms with E-state index in [4.69, 9.17) is 15.1 Å². The highest BCUT2D eigenvalue weighted by molar-refractivity contribution is 8.00. The molecule has 0 saturated heterocycles. The van der Waals surface area contributed by atoms with E-state index in [0.717, 1.165) is 39.5 Å². The van der Waals surface area contributed by atoms with Crippen LogP contribution in [-0.4, -0.2) is 26.8 Å². The number of aromatic nitrogens is 2. The van der Waals surface area contributed by atoms with Gasteiger partial charge in [-0.3, -0.25) is 4.79 Å². The van der Waals surface area contributed by atoms with Gasteiger partial charge in [-0.25, -0.2) is 9.97 Å². The van der Waals surface area contributed by atoms with Crippen molar-refractivity contribution in [2.75, 3.05) is 5.75 Å². The quantitative estimate of drug-likeness (QED) is 0.656. The maximum absolute atomic E-state index is 11.1. The molecule has 4 bridgehead atoms. The van der Waals surface area contributed by atoms with E-state index in [0.29, 0.717) is 0 Å². The first kappa shape index (κ1) is 15.6. The molecule has 0 aliphatic heterocycles. The Balaban J connectivity index is 1.60. The largest absolute Gasteiger partial charge is 0.481 e. The van der Waals surface area contributed by atoms with Gasteiger partial charge in [0.05, 0.1) is 11.3 Å². The number of thioether (sulfide) groups is 1. The number of benzene rings is 1. The van der Waals surface area contributed by atoms with Gasteiger partial charge in [-0.05, 0) is 62.3 Å². The molecular formula is C20H22N2O2S. The van der Waals surface area contributed by atoms with Crippen LogP contribution in [0.4, 0.5) is 0 Å². The average Bonchev–Trinajstić information content (AvgIpc) is 2.58. The van der Waals surface area contributed by atoms with Crippen LogP contribution < -0.4 is 0 Å². The third-order valence-electron chi connectivity index (χ3n) is 6.41. The molecule has 4 saturated carbocycles. The van der Waals surface area contributed by atoms with E-state index in [-0.39, 0.29) is 11.2 Å². The van der Waals surface area contributed by atoms with Crippen molar-refractivity contribution in [3.05, 3.63) is 30.1 Å². The molecule has 25 heavy (non-hydrogen) atoms. The second kappa shape index (κ2) is 5.70. The number of rotatable bonds is 4. The SMILES string of the molecule is O=C(O)CSc1nc(C23CC4CC(CC(C4)C2)C3)nc2ccccc12. The summed E-state index contributed by atoms with van der Waals surface area (Å²) in [5.41, 5.74) is 1.09. The highest BCUT2D eigenvalue weighted by Gasteiger charge is 2.53. The number of hydrogen-bond acceptors (Lipinski definition) is 4. The molecule has 4 fully saturated rings. The molecule has 4 aliphatic carbocycles. The zero-order chi connectivity index (χ0) is 17.0. The van der Waals surface area contributed by atoms with Crippen LogP contribution in [0.5, 0.6) is 0 Å². The topological polar surface area (TPSA) is 63.1 Å². The van der Waals surface area contributed by atoms with Crippen molar-refractivity contribution in [1.29, 1.82) is 0 Å². The summed E-state index contributed by atoms with van der Waals surface area (Å²) in [4.78, 5) is 21.0. The zero-order valence-corrected chi connectivity index (χ0v) is 15.0. The molecule has 0 atom stereocenters. The van der Waals surface area contributed by atoms with E-state index in [1.54, 1.807) is 0 Å². The number of carboxylic acids is 1. The van der Waals surface area contributed by atoms with Gasteiger partial charge in [0.15, 0.2) is 0 Å². The molecule has 0 radical (unpaired) electrons. The highest BCUT2D eigenvalue weighted by atomic mass is 32.2. The normalized spacial score (nSPS) is 33.0. The fourth-order valence-electron chi connectivity index (χ4n) is 5.91. The standard InChI is InChI=1S/C20H22N2O2S/c23-17(24)11-25-18-15-3-1-2-4-16(15)21-19(22-18)20-8-12-5-13(9-20)7-14(6-12)10-20/h1-4,12-14H,5-11H2,(H,23,24). The maximum atomic E-state index is 11.1. The predicted octanol–water partition coefficient (Wildman–Crippen LogP) is 4.27. The third-order valence-corrected chi connectivity index (χ3v) is 7.39. The predicted molar refractivity (Wildman–Crippen MR) is 97.7 cm³/mol. The van der Waals surface area contributed by atoms with Crippen molar-refractivity contribution >= 4 is 28.6 Å². The number of fused-ring (bicyclic) bond motifs is 1. The Morgan fingerprint density at radius 2 is 1.72 bits per heavy atom. The van der Waals surface area contributed by atoms with E-state index >= 15 is 0 Å². The van der Waals surface area contributed by atoms with Crippen molar-refractivity contribution in [3.8, 4) is 0 Å². The van der Waals surface area contributed by atoms with Crippen molar-refractivity contribution < 1.29 is 9.90 Å². The molecule has 6 rings (SSSR count). The summed E-state index contributed by atoms with van der Waals surface area (Å²) in [5.74, 6) is 2.76. The van der Waals surface area contributed by atoms with Gasteiger partial charge in [0.2, 0.25) is 0 Å². The molecular weight excluding hydrogens is 332 g/mol. The Bertz CT molecular complexity index is 815. The van der Waals surface area contributed by atoms with E-state index in [9.17, 15) is 4.79 Å². The summed E-state index contributed by atoms with van der Waals surface area (Å²) in [7, 11) is 0. The van der Waals surface area contributed by atoms with Crippen LogP contribution in [0.15, 0.2) is 29.3 Å². The van der Waals surface area contributed by atoms with Crippen LogP contribution >= 0.6 is 11.8 Å². The lowest BCUT2D eigenvalue weighted by molar-refractivity contribution is -0.133. The van der Waals surface area contributed by atoms with Gasteiger partial charge in [-0.2, -0.15) is 0 Å². The van der Waals surface area contributed by atoms with Crippen LogP contribution in [0.1, 0.15) is 44.3 Å². The summed E-state index contributed by atoms with van der Waals surface area (Å²) in [6.07, 6.45) is 7.86. The van der Waals surface area contributed by atoms with Crippen LogP contribution in [-0.2, 0) is 10.2 Å². The van der Waals surface area contributed by atoms with Gasteiger partial charge in [0.25, 0.3) is 0 Å². The van der Waals surface area contributed by atoms with Gasteiger partial charge < -0.3 is 5.11 Å². The lowest BCUT2D eigenvalue weighted by atomic mass is 9.49. The van der Waals surface area contributed by atoms with E-state index in [1.807, 2.05) is 24.3 Å². The summed E-state index contributed by atoms with van der Waals surface area (Å²) < 4.78 is 0. The molecule has 1 aromatic heterocycles. The number of para-hydroxylation sites is 1. The summed E-state index contributed by atoms with van der Waals surface area (Å²) in [5, 5.41) is 10.9. The zero-order valence-electron chi connectivity index (χ0n) is 14.1. The van der Waals surface area contributed by atoms with Gasteiger partial charge in [-0.15, -0.1) is 0 Å². The molecule has 0 spiro atoms. The third kappa shape index (κ3) is 2.64. The molecule has 2 aromatic rings. The number of aliphatic carboxylic acids is 1. The number of nitrogens with zero attached hydrogens (tertiary/aromatic N) is 2. The average molecular weight is 354 g/mol. The minimum absolute atomic E-state index is 0.0430. The first-order chi connectivity index (χ1) is 12.1. The first-order valence-electron chi connectivity index (χ1n) is 9.23.